The molecule has 3 amide bonds. The largest absolute Gasteiger partial charge is 0.733 e. The second-order valence-electron chi connectivity index (χ2n) is 10.5. The van der Waals surface area contributed by atoms with Crippen molar-refractivity contribution < 1.29 is 37.9 Å². The minimum atomic E-state index is -4.97. The van der Waals surface area contributed by atoms with Crippen molar-refractivity contribution in [1.29, 1.82) is 0 Å². The summed E-state index contributed by atoms with van der Waals surface area (Å²) in [5.41, 5.74) is -0.179. The summed E-state index contributed by atoms with van der Waals surface area (Å²) in [5.74, 6) is -1.09. The SMILES string of the molecule is O=C(O)CCNC(=O)c1ccc(CN(C(=O)Nc2ccc(N([O-])O)c(C(F)(F)F)c2)c2ccc(C3CCCCC3)cc2)cc1. The second kappa shape index (κ2) is 14.2. The van der Waals surface area contributed by atoms with Gasteiger partial charge in [-0.2, -0.15) is 13.2 Å². The summed E-state index contributed by atoms with van der Waals surface area (Å²) in [6.45, 7) is -0.0480. The van der Waals surface area contributed by atoms with E-state index in [2.05, 4.69) is 10.6 Å². The average Bonchev–Trinajstić information content (AvgIpc) is 3.00. The zero-order valence-electron chi connectivity index (χ0n) is 23.6. The van der Waals surface area contributed by atoms with Crippen molar-refractivity contribution in [2.45, 2.75) is 57.2 Å². The van der Waals surface area contributed by atoms with Crippen molar-refractivity contribution in [2.75, 3.05) is 22.0 Å². The van der Waals surface area contributed by atoms with Gasteiger partial charge in [-0.15, -0.1) is 0 Å². The van der Waals surface area contributed by atoms with E-state index in [1.807, 2.05) is 12.1 Å². The minimum Gasteiger partial charge on any atom is -0.733 e. The number of nitrogens with one attached hydrogen (secondary N) is 2. The third kappa shape index (κ3) is 8.48. The van der Waals surface area contributed by atoms with Gasteiger partial charge in [0, 0.05) is 23.5 Å². The number of nitrogens with zero attached hydrogens (tertiary/aromatic N) is 2. The van der Waals surface area contributed by atoms with Gasteiger partial charge in [-0.25, -0.2) is 4.79 Å². The number of hydrogen-bond donors (Lipinski definition) is 4. The van der Waals surface area contributed by atoms with Gasteiger partial charge in [0.1, 0.15) is 0 Å². The molecule has 10 nitrogen and oxygen atoms in total. The maximum atomic E-state index is 13.6. The number of carboxylic acids is 1. The van der Waals surface area contributed by atoms with Crippen LogP contribution >= 0.6 is 0 Å². The normalized spacial score (nSPS) is 13.7. The van der Waals surface area contributed by atoms with Crippen LogP contribution in [0.4, 0.5) is 35.0 Å². The third-order valence-corrected chi connectivity index (χ3v) is 7.47. The van der Waals surface area contributed by atoms with Crippen LogP contribution in [-0.2, 0) is 17.5 Å². The van der Waals surface area contributed by atoms with Crippen LogP contribution < -0.4 is 20.8 Å². The standard InChI is InChI=1S/C31H32F3N4O6/c32-31(33,34)26-18-24(12-15-27(26)38(43)44)36-30(42)37(25-13-10-22(11-14-25)21-4-2-1-3-5-21)19-20-6-8-23(9-7-20)29(41)35-17-16-28(39)40/h6-15,18,21,43H,1-5,16-17,19H2,(H,35,41)(H,36,42)(H,39,40)/q-1. The number of carboxylic acid groups (broad SMARTS) is 1. The zero-order valence-corrected chi connectivity index (χ0v) is 23.6. The van der Waals surface area contributed by atoms with Crippen LogP contribution in [-0.4, -0.2) is 34.8 Å². The number of benzene rings is 3. The Morgan fingerprint density at radius 3 is 2.18 bits per heavy atom. The van der Waals surface area contributed by atoms with Crippen molar-refractivity contribution in [1.82, 2.24) is 5.32 Å². The lowest BCUT2D eigenvalue weighted by atomic mass is 9.84. The van der Waals surface area contributed by atoms with Gasteiger partial charge in [-0.1, -0.05) is 43.5 Å². The molecule has 1 fully saturated rings. The lowest BCUT2D eigenvalue weighted by Crippen LogP contribution is -2.34. The first-order valence-corrected chi connectivity index (χ1v) is 14.1. The van der Waals surface area contributed by atoms with Gasteiger partial charge in [0.2, 0.25) is 0 Å². The Kier molecular flexibility index (Phi) is 10.4. The number of carbonyl (C=O) groups is 3. The Hall–Kier alpha value is -4.62. The molecule has 234 valence electrons. The van der Waals surface area contributed by atoms with Crippen LogP contribution in [0.25, 0.3) is 0 Å². The summed E-state index contributed by atoms with van der Waals surface area (Å²) in [6, 6.07) is 15.3. The fraction of sp³-hybridized carbons (Fsp3) is 0.323. The lowest BCUT2D eigenvalue weighted by Gasteiger charge is -2.27. The Labute approximate surface area is 251 Å². The molecule has 13 heteroatoms. The zero-order chi connectivity index (χ0) is 31.9. The number of urea groups is 1. The molecule has 0 saturated heterocycles. The highest BCUT2D eigenvalue weighted by Gasteiger charge is 2.34. The predicted octanol–water partition coefficient (Wildman–Crippen LogP) is 6.89. The molecule has 0 unspecified atom stereocenters. The number of halogens is 3. The Bertz CT molecular complexity index is 1460. The molecule has 44 heavy (non-hydrogen) atoms. The maximum Gasteiger partial charge on any atom is 0.418 e. The summed E-state index contributed by atoms with van der Waals surface area (Å²) >= 11 is 0. The quantitative estimate of drug-likeness (QED) is 0.182. The van der Waals surface area contributed by atoms with E-state index in [4.69, 9.17) is 10.3 Å². The number of rotatable bonds is 10. The van der Waals surface area contributed by atoms with E-state index in [9.17, 15) is 32.8 Å². The molecule has 0 aromatic heterocycles. The highest BCUT2D eigenvalue weighted by atomic mass is 19.4. The monoisotopic (exact) mass is 613 g/mol. The first-order valence-electron chi connectivity index (χ1n) is 14.1. The summed E-state index contributed by atoms with van der Waals surface area (Å²) in [6.07, 6.45) is 0.445. The summed E-state index contributed by atoms with van der Waals surface area (Å²) in [4.78, 5) is 37.9. The van der Waals surface area contributed by atoms with E-state index in [1.165, 1.54) is 23.5 Å². The third-order valence-electron chi connectivity index (χ3n) is 7.47. The van der Waals surface area contributed by atoms with E-state index < -0.39 is 40.6 Å². The molecular weight excluding hydrogens is 581 g/mol. The van der Waals surface area contributed by atoms with Crippen LogP contribution in [0.5, 0.6) is 0 Å². The summed E-state index contributed by atoms with van der Waals surface area (Å²) in [7, 11) is 0. The van der Waals surface area contributed by atoms with Crippen molar-refractivity contribution in [3.05, 3.63) is 94.2 Å². The van der Waals surface area contributed by atoms with Gasteiger partial charge in [0.25, 0.3) is 5.91 Å². The minimum absolute atomic E-state index is 0.00922. The fourth-order valence-electron chi connectivity index (χ4n) is 5.17. The van der Waals surface area contributed by atoms with Crippen LogP contribution in [0.2, 0.25) is 0 Å². The molecule has 4 N–H and O–H groups in total. The number of anilines is 3. The number of hydrogen-bond acceptors (Lipinski definition) is 6. The van der Waals surface area contributed by atoms with Crippen molar-refractivity contribution in [2.24, 2.45) is 0 Å². The highest BCUT2D eigenvalue weighted by molar-refractivity contribution is 6.02. The molecule has 0 atom stereocenters. The number of aliphatic carboxylic acids is 1. The highest BCUT2D eigenvalue weighted by Crippen LogP contribution is 2.38. The first-order chi connectivity index (χ1) is 20.9. The summed E-state index contributed by atoms with van der Waals surface area (Å²) < 4.78 is 40.7. The van der Waals surface area contributed by atoms with E-state index in [-0.39, 0.29) is 30.8 Å². The van der Waals surface area contributed by atoms with Crippen LogP contribution in [0, 0.1) is 5.21 Å². The molecule has 1 aliphatic rings. The Morgan fingerprint density at radius 2 is 1.59 bits per heavy atom. The molecule has 3 aromatic rings. The maximum absolute atomic E-state index is 13.6. The van der Waals surface area contributed by atoms with E-state index in [0.29, 0.717) is 23.2 Å². The lowest BCUT2D eigenvalue weighted by molar-refractivity contribution is -0.138. The van der Waals surface area contributed by atoms with Gasteiger partial charge in [-0.05, 0) is 72.4 Å². The number of carbonyl (C=O) groups excluding carboxylic acids is 2. The van der Waals surface area contributed by atoms with Gasteiger partial charge in [0.15, 0.2) is 0 Å². The topological polar surface area (TPSA) is 145 Å². The van der Waals surface area contributed by atoms with E-state index >= 15 is 0 Å². The Balaban J connectivity index is 1.58. The second-order valence-corrected chi connectivity index (χ2v) is 10.5. The molecule has 0 bridgehead atoms. The molecule has 1 saturated carbocycles. The van der Waals surface area contributed by atoms with Crippen molar-refractivity contribution >= 4 is 35.0 Å². The average molecular weight is 614 g/mol. The number of amides is 3. The van der Waals surface area contributed by atoms with E-state index in [1.54, 1.807) is 24.3 Å². The van der Waals surface area contributed by atoms with Gasteiger partial charge in [-0.3, -0.25) is 19.7 Å². The molecule has 1 aliphatic carbocycles. The Morgan fingerprint density at radius 1 is 0.932 bits per heavy atom. The molecule has 3 aromatic carbocycles. The number of alkyl halides is 3. The smallest absolute Gasteiger partial charge is 0.418 e. The van der Waals surface area contributed by atoms with Gasteiger partial charge in [0.05, 0.1) is 24.2 Å². The molecule has 0 aliphatic heterocycles. The summed E-state index contributed by atoms with van der Waals surface area (Å²) in [5, 5.41) is 33.2. The first kappa shape index (κ1) is 32.3. The fourth-order valence-corrected chi connectivity index (χ4v) is 5.17. The van der Waals surface area contributed by atoms with E-state index in [0.717, 1.165) is 43.4 Å². The molecule has 4 rings (SSSR count). The molecule has 0 heterocycles. The van der Waals surface area contributed by atoms with Crippen molar-refractivity contribution in [3.63, 3.8) is 0 Å². The molecule has 0 radical (unpaired) electrons. The van der Waals surface area contributed by atoms with Crippen molar-refractivity contribution in [3.8, 4) is 0 Å². The van der Waals surface area contributed by atoms with Gasteiger partial charge < -0.3 is 26.2 Å². The van der Waals surface area contributed by atoms with Crippen LogP contribution in [0.15, 0.2) is 66.7 Å². The predicted molar refractivity (Wildman–Crippen MR) is 158 cm³/mol. The van der Waals surface area contributed by atoms with Gasteiger partial charge >= 0.3 is 18.2 Å². The van der Waals surface area contributed by atoms with Crippen LogP contribution in [0.1, 0.15) is 71.5 Å². The van der Waals surface area contributed by atoms with Crippen LogP contribution in [0.3, 0.4) is 0 Å². The molecular formula is C31H32F3N4O6-. The molecule has 0 spiro atoms.